The van der Waals surface area contributed by atoms with Gasteiger partial charge in [0.25, 0.3) is 0 Å². The second kappa shape index (κ2) is 5.74. The number of nitrogens with zero attached hydrogens (tertiary/aromatic N) is 1. The third-order valence-corrected chi connectivity index (χ3v) is 4.39. The Hall–Kier alpha value is -1.35. The molecule has 0 spiro atoms. The van der Waals surface area contributed by atoms with Crippen LogP contribution < -0.4 is 0 Å². The van der Waals surface area contributed by atoms with Gasteiger partial charge >= 0.3 is 0 Å². The summed E-state index contributed by atoms with van der Waals surface area (Å²) >= 11 is 0. The second-order valence-corrected chi connectivity index (χ2v) is 5.59. The fourth-order valence-corrected chi connectivity index (χ4v) is 2.80. The minimum atomic E-state index is -0.339. The molecule has 0 amide bonds. The fourth-order valence-electron chi connectivity index (χ4n) is 2.80. The van der Waals surface area contributed by atoms with Crippen molar-refractivity contribution in [3.63, 3.8) is 0 Å². The summed E-state index contributed by atoms with van der Waals surface area (Å²) in [5.74, 6) is 0.525. The number of carbonyl (C=O) groups is 1. The molecule has 3 nitrogen and oxygen atoms in total. The van der Waals surface area contributed by atoms with Crippen molar-refractivity contribution in [3.05, 3.63) is 29.8 Å². The summed E-state index contributed by atoms with van der Waals surface area (Å²) in [6.07, 6.45) is 3.69. The number of phenolic OH excluding ortho intramolecular Hbond substituents is 1. The normalized spacial score (nSPS) is 19.3. The molecule has 1 aromatic rings. The highest BCUT2D eigenvalue weighted by atomic mass is 16.3. The lowest BCUT2D eigenvalue weighted by Gasteiger charge is -2.36. The van der Waals surface area contributed by atoms with Crippen molar-refractivity contribution < 1.29 is 9.90 Å². The number of hydrogen-bond donors (Lipinski definition) is 1. The zero-order chi connectivity index (χ0) is 13.9. The van der Waals surface area contributed by atoms with Crippen LogP contribution in [0.4, 0.5) is 0 Å². The third kappa shape index (κ3) is 2.98. The van der Waals surface area contributed by atoms with Crippen LogP contribution in [0.3, 0.4) is 0 Å². The van der Waals surface area contributed by atoms with Crippen LogP contribution in [0.2, 0.25) is 0 Å². The van der Waals surface area contributed by atoms with E-state index in [1.807, 2.05) is 12.1 Å². The lowest BCUT2D eigenvalue weighted by atomic mass is 9.87. The van der Waals surface area contributed by atoms with Crippen LogP contribution in [0.25, 0.3) is 0 Å². The van der Waals surface area contributed by atoms with Crippen LogP contribution in [0.5, 0.6) is 5.75 Å². The molecule has 1 atom stereocenters. The van der Waals surface area contributed by atoms with Gasteiger partial charge in [-0.2, -0.15) is 0 Å². The Morgan fingerprint density at radius 2 is 1.84 bits per heavy atom. The summed E-state index contributed by atoms with van der Waals surface area (Å²) in [5, 5.41) is 9.28. The van der Waals surface area contributed by atoms with Crippen LogP contribution in [0, 0.1) is 0 Å². The Kier molecular flexibility index (Phi) is 4.25. The van der Waals surface area contributed by atoms with Gasteiger partial charge in [-0.25, -0.2) is 0 Å². The Morgan fingerprint density at radius 3 is 2.37 bits per heavy atom. The van der Waals surface area contributed by atoms with E-state index in [-0.39, 0.29) is 17.1 Å². The smallest absolute Gasteiger partial charge is 0.157 e. The first-order valence-electron chi connectivity index (χ1n) is 7.12. The van der Waals surface area contributed by atoms with Gasteiger partial charge in [-0.3, -0.25) is 9.69 Å². The topological polar surface area (TPSA) is 40.5 Å². The highest BCUT2D eigenvalue weighted by Gasteiger charge is 2.38. The third-order valence-electron chi connectivity index (χ3n) is 4.39. The molecule has 1 unspecified atom stereocenters. The zero-order valence-electron chi connectivity index (χ0n) is 11.9. The molecular weight excluding hydrogens is 238 g/mol. The highest BCUT2D eigenvalue weighted by molar-refractivity contribution is 5.89. The predicted molar refractivity (Wildman–Crippen MR) is 76.3 cm³/mol. The van der Waals surface area contributed by atoms with E-state index >= 15 is 0 Å². The molecule has 1 aromatic carbocycles. The molecule has 19 heavy (non-hydrogen) atoms. The van der Waals surface area contributed by atoms with Crippen molar-refractivity contribution in [2.45, 2.75) is 45.1 Å². The fraction of sp³-hybridized carbons (Fsp3) is 0.562. The minimum absolute atomic E-state index is 0.244. The number of carbonyl (C=O) groups excluding carboxylic acids is 1. The van der Waals surface area contributed by atoms with Crippen LogP contribution in [0.15, 0.2) is 24.3 Å². The standard InChI is InChI=1S/C16H23NO2/c1-3-16(2,17-10-4-5-11-17)15(19)12-13-6-8-14(18)9-7-13/h6-9,18H,3-5,10-12H2,1-2H3. The van der Waals surface area contributed by atoms with E-state index in [4.69, 9.17) is 0 Å². The van der Waals surface area contributed by atoms with Gasteiger partial charge < -0.3 is 5.11 Å². The maximum absolute atomic E-state index is 12.6. The molecule has 3 heteroatoms. The molecule has 1 N–H and O–H groups in total. The van der Waals surface area contributed by atoms with E-state index < -0.39 is 0 Å². The van der Waals surface area contributed by atoms with Gasteiger partial charge in [0, 0.05) is 6.42 Å². The number of aromatic hydroxyl groups is 1. The first-order chi connectivity index (χ1) is 9.06. The Labute approximate surface area is 115 Å². The molecule has 1 saturated heterocycles. The van der Waals surface area contributed by atoms with Gasteiger partial charge in [0.1, 0.15) is 5.75 Å². The molecule has 1 aliphatic rings. The second-order valence-electron chi connectivity index (χ2n) is 5.59. The van der Waals surface area contributed by atoms with E-state index in [9.17, 15) is 9.90 Å². The maximum atomic E-state index is 12.6. The van der Waals surface area contributed by atoms with Gasteiger partial charge in [0.05, 0.1) is 5.54 Å². The van der Waals surface area contributed by atoms with E-state index in [0.29, 0.717) is 6.42 Å². The lowest BCUT2D eigenvalue weighted by molar-refractivity contribution is -0.129. The number of phenols is 1. The largest absolute Gasteiger partial charge is 0.508 e. The maximum Gasteiger partial charge on any atom is 0.157 e. The van der Waals surface area contributed by atoms with Crippen LogP contribution in [-0.2, 0) is 11.2 Å². The number of hydrogen-bond acceptors (Lipinski definition) is 3. The molecule has 1 heterocycles. The predicted octanol–water partition coefficient (Wildman–Crippen LogP) is 2.77. The quantitative estimate of drug-likeness (QED) is 0.886. The van der Waals surface area contributed by atoms with E-state index in [0.717, 1.165) is 25.1 Å². The van der Waals surface area contributed by atoms with Gasteiger partial charge in [-0.05, 0) is 57.0 Å². The van der Waals surface area contributed by atoms with Gasteiger partial charge in [0.15, 0.2) is 5.78 Å². The molecule has 1 fully saturated rings. The lowest BCUT2D eigenvalue weighted by Crippen LogP contribution is -2.51. The van der Waals surface area contributed by atoms with Crippen molar-refractivity contribution in [1.82, 2.24) is 4.90 Å². The number of rotatable bonds is 5. The Balaban J connectivity index is 2.10. The van der Waals surface area contributed by atoms with Crippen molar-refractivity contribution in [2.75, 3.05) is 13.1 Å². The van der Waals surface area contributed by atoms with Gasteiger partial charge in [0.2, 0.25) is 0 Å². The number of likely N-dealkylation sites (tertiary alicyclic amines) is 1. The summed E-state index contributed by atoms with van der Waals surface area (Å²) in [5.41, 5.74) is 0.635. The van der Waals surface area contributed by atoms with E-state index in [1.165, 1.54) is 12.8 Å². The average molecular weight is 261 g/mol. The van der Waals surface area contributed by atoms with Crippen molar-refractivity contribution in [3.8, 4) is 5.75 Å². The summed E-state index contributed by atoms with van der Waals surface area (Å²) < 4.78 is 0. The molecule has 0 radical (unpaired) electrons. The molecular formula is C16H23NO2. The first kappa shape index (κ1) is 14.1. The molecule has 1 aliphatic heterocycles. The van der Waals surface area contributed by atoms with Gasteiger partial charge in [-0.15, -0.1) is 0 Å². The van der Waals surface area contributed by atoms with Crippen LogP contribution >= 0.6 is 0 Å². The van der Waals surface area contributed by atoms with Gasteiger partial charge in [-0.1, -0.05) is 19.1 Å². The molecule has 0 bridgehead atoms. The number of Topliss-reactive ketones (excluding diaryl/α,β-unsaturated/α-hetero) is 1. The number of benzene rings is 1. The van der Waals surface area contributed by atoms with Crippen molar-refractivity contribution in [1.29, 1.82) is 0 Å². The average Bonchev–Trinajstić information content (AvgIpc) is 2.95. The zero-order valence-corrected chi connectivity index (χ0v) is 11.9. The first-order valence-corrected chi connectivity index (χ1v) is 7.12. The van der Waals surface area contributed by atoms with Crippen LogP contribution in [0.1, 0.15) is 38.7 Å². The SMILES string of the molecule is CCC(C)(C(=O)Cc1ccc(O)cc1)N1CCCC1. The molecule has 2 rings (SSSR count). The van der Waals surface area contributed by atoms with Crippen molar-refractivity contribution >= 4 is 5.78 Å². The minimum Gasteiger partial charge on any atom is -0.508 e. The Bertz CT molecular complexity index is 435. The summed E-state index contributed by atoms with van der Waals surface area (Å²) in [6, 6.07) is 6.93. The molecule has 0 saturated carbocycles. The molecule has 104 valence electrons. The Morgan fingerprint density at radius 1 is 1.26 bits per heavy atom. The highest BCUT2D eigenvalue weighted by Crippen LogP contribution is 2.27. The number of ketones is 1. The van der Waals surface area contributed by atoms with E-state index in [1.54, 1.807) is 12.1 Å². The van der Waals surface area contributed by atoms with Crippen molar-refractivity contribution in [2.24, 2.45) is 0 Å². The molecule has 0 aliphatic carbocycles. The molecule has 0 aromatic heterocycles. The summed E-state index contributed by atoms with van der Waals surface area (Å²) in [7, 11) is 0. The van der Waals surface area contributed by atoms with E-state index in [2.05, 4.69) is 18.7 Å². The monoisotopic (exact) mass is 261 g/mol. The van der Waals surface area contributed by atoms with Crippen LogP contribution in [-0.4, -0.2) is 34.4 Å². The summed E-state index contributed by atoms with van der Waals surface area (Å²) in [4.78, 5) is 15.0. The summed E-state index contributed by atoms with van der Waals surface area (Å²) in [6.45, 7) is 6.23.